The highest BCUT2D eigenvalue weighted by molar-refractivity contribution is 7.90. The number of aromatic nitrogens is 5. The van der Waals surface area contributed by atoms with Crippen LogP contribution in [0, 0.1) is 18.6 Å². The Balaban J connectivity index is 2.08. The molecule has 0 fully saturated rings. The number of hydrogen-bond donors (Lipinski definition) is 1. The predicted octanol–water partition coefficient (Wildman–Crippen LogP) is 6.33. The van der Waals surface area contributed by atoms with Gasteiger partial charge < -0.3 is 5.11 Å². The lowest BCUT2D eigenvalue weighted by Gasteiger charge is -2.18. The van der Waals surface area contributed by atoms with Crippen molar-refractivity contribution in [3.63, 3.8) is 0 Å². The van der Waals surface area contributed by atoms with Gasteiger partial charge in [-0.05, 0) is 60.9 Å². The molecule has 0 aliphatic heterocycles. The first-order valence-electron chi connectivity index (χ1n) is 12.3. The fraction of sp³-hybridized carbons (Fsp3) is 0.179. The lowest BCUT2D eigenvalue weighted by molar-refractivity contribution is -0.141. The van der Waals surface area contributed by atoms with E-state index < -0.39 is 56.1 Å². The summed E-state index contributed by atoms with van der Waals surface area (Å²) in [5.41, 5.74) is -1.68. The van der Waals surface area contributed by atoms with E-state index in [1.54, 1.807) is 19.1 Å². The van der Waals surface area contributed by atoms with Crippen LogP contribution in [0.15, 0.2) is 71.4 Å². The number of aryl methyl sites for hydroxylation is 1. The van der Waals surface area contributed by atoms with Gasteiger partial charge in [0.2, 0.25) is 0 Å². The number of aliphatic hydroxyl groups excluding tert-OH is 1. The van der Waals surface area contributed by atoms with E-state index >= 15 is 4.39 Å². The van der Waals surface area contributed by atoms with Crippen LogP contribution in [0.2, 0.25) is 0 Å². The van der Waals surface area contributed by atoms with Gasteiger partial charge in [-0.1, -0.05) is 35.5 Å². The van der Waals surface area contributed by atoms with Crippen molar-refractivity contribution in [1.29, 1.82) is 0 Å². The average Bonchev–Trinajstić information content (AvgIpc) is 3.54. The van der Waals surface area contributed by atoms with Crippen LogP contribution < -0.4 is 0 Å². The van der Waals surface area contributed by atoms with Crippen molar-refractivity contribution in [2.75, 3.05) is 6.26 Å². The number of rotatable bonds is 8. The minimum Gasteiger partial charge on any atom is -0.392 e. The van der Waals surface area contributed by atoms with Crippen LogP contribution in [0.5, 0.6) is 0 Å². The summed E-state index contributed by atoms with van der Waals surface area (Å²) in [5, 5.41) is 17.7. The van der Waals surface area contributed by atoms with Crippen molar-refractivity contribution < 1.29 is 35.5 Å². The van der Waals surface area contributed by atoms with Gasteiger partial charge in [0.25, 0.3) is 0 Å². The topological polar surface area (TPSA) is 103 Å². The van der Waals surface area contributed by atoms with Gasteiger partial charge in [0, 0.05) is 23.0 Å². The van der Waals surface area contributed by atoms with Gasteiger partial charge in [0.1, 0.15) is 23.1 Å². The van der Waals surface area contributed by atoms with Crippen molar-refractivity contribution in [3.05, 3.63) is 101 Å². The van der Waals surface area contributed by atoms with E-state index in [-0.39, 0.29) is 33.4 Å². The highest BCUT2D eigenvalue weighted by atomic mass is 35.5. The maximum Gasteiger partial charge on any atom is 0.434 e. The minimum absolute atomic E-state index is 0.0495. The first kappa shape index (κ1) is 31.8. The molecule has 1 N–H and O–H groups in total. The monoisotopic (exact) mass is 639 g/mol. The largest absolute Gasteiger partial charge is 0.434 e. The maximum atomic E-state index is 16.1. The van der Waals surface area contributed by atoms with E-state index in [1.807, 2.05) is 0 Å². The summed E-state index contributed by atoms with van der Waals surface area (Å²) in [4.78, 5) is 3.02. The summed E-state index contributed by atoms with van der Waals surface area (Å²) in [6.07, 6.45) is 2.63. The SMILES string of the molecule is C=C(Cl)/C=C\C(=C/C)c1cnnn1-c1cc(-c2cc(F)c(CO)c(S(C)(=O)=O)c2)cc(F)c1-n1cc(C(F)(F)F)nc1C. The number of aliphatic hydroxyl groups is 1. The van der Waals surface area contributed by atoms with Gasteiger partial charge in [0.05, 0.1) is 29.1 Å². The van der Waals surface area contributed by atoms with Crippen LogP contribution in [0.1, 0.15) is 29.7 Å². The maximum absolute atomic E-state index is 16.1. The molecule has 0 saturated carbocycles. The van der Waals surface area contributed by atoms with Gasteiger partial charge in [0.15, 0.2) is 15.5 Å². The highest BCUT2D eigenvalue weighted by Gasteiger charge is 2.35. The molecule has 4 aromatic rings. The van der Waals surface area contributed by atoms with E-state index in [0.717, 1.165) is 33.7 Å². The lowest BCUT2D eigenvalue weighted by Crippen LogP contribution is -2.11. The number of benzene rings is 2. The number of alkyl halides is 3. The molecular formula is C28H23ClF5N5O3S. The molecule has 0 spiro atoms. The van der Waals surface area contributed by atoms with E-state index in [0.29, 0.717) is 11.8 Å². The molecule has 43 heavy (non-hydrogen) atoms. The Morgan fingerprint density at radius 3 is 2.33 bits per heavy atom. The van der Waals surface area contributed by atoms with Crippen LogP contribution >= 0.6 is 11.6 Å². The minimum atomic E-state index is -4.83. The van der Waals surface area contributed by atoms with Crippen LogP contribution in [-0.4, -0.2) is 44.3 Å². The third-order valence-corrected chi connectivity index (χ3v) is 7.62. The second-order valence-corrected chi connectivity index (χ2v) is 11.8. The molecule has 15 heteroatoms. The van der Waals surface area contributed by atoms with Gasteiger partial charge in [-0.15, -0.1) is 5.10 Å². The smallest absolute Gasteiger partial charge is 0.392 e. The Labute approximate surface area is 248 Å². The number of imidazole rings is 1. The third kappa shape index (κ3) is 6.45. The average molecular weight is 640 g/mol. The van der Waals surface area contributed by atoms with Crippen molar-refractivity contribution in [2.45, 2.75) is 31.5 Å². The number of halogens is 6. The molecule has 0 aliphatic carbocycles. The van der Waals surface area contributed by atoms with Crippen molar-refractivity contribution in [2.24, 2.45) is 0 Å². The standard InChI is InChI=1S/C28H23ClF5N5O3S/c1-5-17(7-6-15(2)29)24-12-35-37-39(24)23-10-18(19-8-21(30)20(14-40)25(11-19)43(4,41)42)9-22(31)27(23)38-13-26(28(32,33)34)36-16(38)3/h5-13,40H,2,14H2,1,3-4H3/b7-6-,17-5+. The molecule has 0 saturated heterocycles. The van der Waals surface area contributed by atoms with Crippen LogP contribution in [0.4, 0.5) is 22.0 Å². The third-order valence-electron chi connectivity index (χ3n) is 6.33. The summed E-state index contributed by atoms with van der Waals surface area (Å²) in [6, 6.07) is 4.19. The molecular weight excluding hydrogens is 617 g/mol. The predicted molar refractivity (Wildman–Crippen MR) is 150 cm³/mol. The molecule has 2 heterocycles. The summed E-state index contributed by atoms with van der Waals surface area (Å²) < 4.78 is 98.5. The van der Waals surface area contributed by atoms with Crippen molar-refractivity contribution >= 4 is 27.0 Å². The Hall–Kier alpha value is -4.14. The Morgan fingerprint density at radius 1 is 1.12 bits per heavy atom. The van der Waals surface area contributed by atoms with Gasteiger partial charge in [-0.25, -0.2) is 26.9 Å². The van der Waals surface area contributed by atoms with E-state index in [1.165, 1.54) is 25.3 Å². The van der Waals surface area contributed by atoms with E-state index in [4.69, 9.17) is 11.6 Å². The summed E-state index contributed by atoms with van der Waals surface area (Å²) >= 11 is 5.86. The van der Waals surface area contributed by atoms with Crippen LogP contribution in [0.25, 0.3) is 28.1 Å². The molecule has 8 nitrogen and oxygen atoms in total. The van der Waals surface area contributed by atoms with Crippen molar-refractivity contribution in [1.82, 2.24) is 24.5 Å². The Kier molecular flexibility index (Phi) is 8.77. The zero-order valence-electron chi connectivity index (χ0n) is 22.8. The lowest BCUT2D eigenvalue weighted by atomic mass is 10.0. The molecule has 226 valence electrons. The first-order valence-corrected chi connectivity index (χ1v) is 14.5. The Morgan fingerprint density at radius 2 is 1.77 bits per heavy atom. The van der Waals surface area contributed by atoms with E-state index in [9.17, 15) is 31.1 Å². The molecule has 0 atom stereocenters. The molecule has 4 rings (SSSR count). The zero-order chi connectivity index (χ0) is 31.9. The van der Waals surface area contributed by atoms with Crippen molar-refractivity contribution in [3.8, 4) is 22.5 Å². The van der Waals surface area contributed by atoms with E-state index in [2.05, 4.69) is 21.9 Å². The number of nitrogens with zero attached hydrogens (tertiary/aromatic N) is 5. The summed E-state index contributed by atoms with van der Waals surface area (Å²) in [7, 11) is -4.04. The number of allylic oxidation sites excluding steroid dienone is 5. The molecule has 0 unspecified atom stereocenters. The van der Waals surface area contributed by atoms with Crippen LogP contribution in [-0.2, 0) is 22.6 Å². The number of sulfone groups is 1. The van der Waals surface area contributed by atoms with Gasteiger partial charge >= 0.3 is 6.18 Å². The molecule has 0 bridgehead atoms. The highest BCUT2D eigenvalue weighted by Crippen LogP contribution is 2.36. The fourth-order valence-electron chi connectivity index (χ4n) is 4.37. The number of hydrogen-bond acceptors (Lipinski definition) is 6. The fourth-order valence-corrected chi connectivity index (χ4v) is 5.38. The molecule has 0 amide bonds. The normalized spacial score (nSPS) is 12.8. The molecule has 0 radical (unpaired) electrons. The molecule has 2 aromatic heterocycles. The second-order valence-electron chi connectivity index (χ2n) is 9.29. The van der Waals surface area contributed by atoms with Gasteiger partial charge in [-0.2, -0.15) is 13.2 Å². The summed E-state index contributed by atoms with van der Waals surface area (Å²) in [6.45, 7) is 5.60. The Bertz CT molecular complexity index is 1910. The first-order chi connectivity index (χ1) is 20.1. The van der Waals surface area contributed by atoms with Crippen LogP contribution in [0.3, 0.4) is 0 Å². The quantitative estimate of drug-likeness (QED) is 0.179. The zero-order valence-corrected chi connectivity index (χ0v) is 24.4. The summed E-state index contributed by atoms with van der Waals surface area (Å²) in [5.74, 6) is -2.33. The second kappa shape index (κ2) is 11.9. The molecule has 0 aliphatic rings. The van der Waals surface area contributed by atoms with Gasteiger partial charge in [-0.3, -0.25) is 4.57 Å². The molecule has 2 aromatic carbocycles.